The molecule has 0 fully saturated rings. The number of para-hydroxylation sites is 1. The Morgan fingerprint density at radius 1 is 1.43 bits per heavy atom. The lowest BCUT2D eigenvalue weighted by Crippen LogP contribution is -2.37. The molecule has 0 bridgehead atoms. The molecule has 0 spiro atoms. The number of nitrogens with zero attached hydrogens (tertiary/aromatic N) is 2. The summed E-state index contributed by atoms with van der Waals surface area (Å²) in [4.78, 5) is 17.9. The van der Waals surface area contributed by atoms with Gasteiger partial charge in [-0.15, -0.1) is 0 Å². The number of aromatic carboxylic acids is 1. The number of fused-ring (bicyclic) bond motifs is 1. The molecule has 5 nitrogen and oxygen atoms in total. The SMILES string of the molecule is CCN(c1c(C(=O)O)cnc2ccccc12)C(C)COC. The number of rotatable bonds is 6. The predicted molar refractivity (Wildman–Crippen MR) is 83.1 cm³/mol. The van der Waals surface area contributed by atoms with Crippen LogP contribution in [0.5, 0.6) is 0 Å². The molecule has 1 aromatic heterocycles. The van der Waals surface area contributed by atoms with E-state index >= 15 is 0 Å². The minimum atomic E-state index is -0.966. The molecule has 0 saturated carbocycles. The number of aromatic nitrogens is 1. The third-order valence-corrected chi connectivity index (χ3v) is 3.55. The molecule has 21 heavy (non-hydrogen) atoms. The van der Waals surface area contributed by atoms with E-state index in [4.69, 9.17) is 4.74 Å². The highest BCUT2D eigenvalue weighted by molar-refractivity contribution is 6.04. The summed E-state index contributed by atoms with van der Waals surface area (Å²) in [6, 6.07) is 7.66. The number of methoxy groups -OCH3 is 1. The van der Waals surface area contributed by atoms with Gasteiger partial charge in [0, 0.05) is 31.3 Å². The lowest BCUT2D eigenvalue weighted by molar-refractivity contribution is 0.0697. The third kappa shape index (κ3) is 2.97. The predicted octanol–water partition coefficient (Wildman–Crippen LogP) is 2.79. The first-order valence-electron chi connectivity index (χ1n) is 6.96. The van der Waals surface area contributed by atoms with Crippen LogP contribution in [0, 0.1) is 0 Å². The molecule has 0 aliphatic rings. The lowest BCUT2D eigenvalue weighted by Gasteiger charge is -2.31. The third-order valence-electron chi connectivity index (χ3n) is 3.55. The van der Waals surface area contributed by atoms with Crippen molar-refractivity contribution >= 4 is 22.6 Å². The summed E-state index contributed by atoms with van der Waals surface area (Å²) < 4.78 is 5.22. The van der Waals surface area contributed by atoms with Gasteiger partial charge < -0.3 is 14.7 Å². The second kappa shape index (κ2) is 6.54. The van der Waals surface area contributed by atoms with E-state index in [1.54, 1.807) is 7.11 Å². The molecule has 0 aliphatic carbocycles. The van der Waals surface area contributed by atoms with Gasteiger partial charge in [-0.1, -0.05) is 18.2 Å². The number of carboxylic acid groups (broad SMARTS) is 1. The van der Waals surface area contributed by atoms with Crippen LogP contribution < -0.4 is 4.90 Å². The highest BCUT2D eigenvalue weighted by Gasteiger charge is 2.22. The molecule has 1 unspecified atom stereocenters. The molecule has 5 heteroatoms. The first kappa shape index (κ1) is 15.3. The van der Waals surface area contributed by atoms with Gasteiger partial charge in [0.05, 0.1) is 17.8 Å². The van der Waals surface area contributed by atoms with Crippen LogP contribution >= 0.6 is 0 Å². The zero-order chi connectivity index (χ0) is 15.4. The lowest BCUT2D eigenvalue weighted by atomic mass is 10.1. The van der Waals surface area contributed by atoms with Gasteiger partial charge in [0.1, 0.15) is 5.56 Å². The molecule has 112 valence electrons. The number of hydrogen-bond donors (Lipinski definition) is 1. The fourth-order valence-electron chi connectivity index (χ4n) is 2.61. The van der Waals surface area contributed by atoms with E-state index < -0.39 is 5.97 Å². The van der Waals surface area contributed by atoms with Crippen LogP contribution in [0.15, 0.2) is 30.5 Å². The zero-order valence-corrected chi connectivity index (χ0v) is 12.5. The molecular formula is C16H20N2O3. The summed E-state index contributed by atoms with van der Waals surface area (Å²) in [7, 11) is 1.65. The summed E-state index contributed by atoms with van der Waals surface area (Å²) in [6.45, 7) is 5.25. The van der Waals surface area contributed by atoms with Gasteiger partial charge >= 0.3 is 5.97 Å². The van der Waals surface area contributed by atoms with Gasteiger partial charge in [-0.05, 0) is 19.9 Å². The number of likely N-dealkylation sites (N-methyl/N-ethyl adjacent to an activating group) is 1. The summed E-state index contributed by atoms with van der Waals surface area (Å²) in [5, 5.41) is 10.3. The number of ether oxygens (including phenoxy) is 1. The summed E-state index contributed by atoms with van der Waals surface area (Å²) in [5.41, 5.74) is 1.72. The maximum atomic E-state index is 11.6. The van der Waals surface area contributed by atoms with Crippen molar-refractivity contribution in [2.75, 3.05) is 25.2 Å². The van der Waals surface area contributed by atoms with Crippen LogP contribution in [0.4, 0.5) is 5.69 Å². The molecule has 1 N–H and O–H groups in total. The number of hydrogen-bond acceptors (Lipinski definition) is 4. The molecule has 0 saturated heterocycles. The van der Waals surface area contributed by atoms with Crippen LogP contribution in [0.1, 0.15) is 24.2 Å². The highest BCUT2D eigenvalue weighted by atomic mass is 16.5. The quantitative estimate of drug-likeness (QED) is 0.885. The van der Waals surface area contributed by atoms with Gasteiger partial charge in [0.15, 0.2) is 0 Å². The van der Waals surface area contributed by atoms with Gasteiger partial charge in [-0.3, -0.25) is 4.98 Å². The number of carbonyl (C=O) groups is 1. The monoisotopic (exact) mass is 288 g/mol. The van der Waals surface area contributed by atoms with Crippen molar-refractivity contribution < 1.29 is 14.6 Å². The van der Waals surface area contributed by atoms with E-state index in [0.29, 0.717) is 18.8 Å². The Morgan fingerprint density at radius 3 is 2.76 bits per heavy atom. The maximum Gasteiger partial charge on any atom is 0.339 e. The van der Waals surface area contributed by atoms with Crippen molar-refractivity contribution in [1.29, 1.82) is 0 Å². The van der Waals surface area contributed by atoms with Gasteiger partial charge in [-0.2, -0.15) is 0 Å². The van der Waals surface area contributed by atoms with Crippen molar-refractivity contribution in [2.45, 2.75) is 19.9 Å². The van der Waals surface area contributed by atoms with E-state index in [2.05, 4.69) is 9.88 Å². The fraction of sp³-hybridized carbons (Fsp3) is 0.375. The van der Waals surface area contributed by atoms with Crippen LogP contribution in [0.2, 0.25) is 0 Å². The van der Waals surface area contributed by atoms with Crippen molar-refractivity contribution in [3.63, 3.8) is 0 Å². The van der Waals surface area contributed by atoms with Crippen LogP contribution in [0.25, 0.3) is 10.9 Å². The Kier molecular flexibility index (Phi) is 4.75. The zero-order valence-electron chi connectivity index (χ0n) is 12.5. The standard InChI is InChI=1S/C16H20N2O3/c1-4-18(11(2)10-21-3)15-12-7-5-6-8-14(12)17-9-13(15)16(19)20/h5-9,11H,4,10H2,1-3H3,(H,19,20). The van der Waals surface area contributed by atoms with Crippen molar-refractivity contribution in [1.82, 2.24) is 4.98 Å². The van der Waals surface area contributed by atoms with E-state index in [-0.39, 0.29) is 11.6 Å². The molecule has 0 radical (unpaired) electrons. The summed E-state index contributed by atoms with van der Waals surface area (Å²) in [6.07, 6.45) is 1.43. The van der Waals surface area contributed by atoms with Crippen LogP contribution in [0.3, 0.4) is 0 Å². The smallest absolute Gasteiger partial charge is 0.339 e. The molecule has 2 rings (SSSR count). The van der Waals surface area contributed by atoms with Crippen LogP contribution in [-0.2, 0) is 4.74 Å². The number of pyridine rings is 1. The van der Waals surface area contributed by atoms with Crippen molar-refractivity contribution in [3.8, 4) is 0 Å². The van der Waals surface area contributed by atoms with Crippen LogP contribution in [-0.4, -0.2) is 42.4 Å². The molecule has 1 atom stereocenters. The molecule has 2 aromatic rings. The number of benzene rings is 1. The fourth-order valence-corrected chi connectivity index (χ4v) is 2.61. The van der Waals surface area contributed by atoms with E-state index in [1.165, 1.54) is 6.20 Å². The molecular weight excluding hydrogens is 268 g/mol. The maximum absolute atomic E-state index is 11.6. The largest absolute Gasteiger partial charge is 0.478 e. The van der Waals surface area contributed by atoms with Gasteiger partial charge in [0.25, 0.3) is 0 Å². The first-order chi connectivity index (χ1) is 10.1. The Labute approximate surface area is 124 Å². The van der Waals surface area contributed by atoms with Crippen molar-refractivity contribution in [3.05, 3.63) is 36.0 Å². The molecule has 1 aromatic carbocycles. The van der Waals surface area contributed by atoms with Crippen molar-refractivity contribution in [2.24, 2.45) is 0 Å². The average molecular weight is 288 g/mol. The van der Waals surface area contributed by atoms with Gasteiger partial charge in [0.2, 0.25) is 0 Å². The molecule has 1 heterocycles. The number of anilines is 1. The average Bonchev–Trinajstić information content (AvgIpc) is 2.48. The Balaban J connectivity index is 2.67. The van der Waals surface area contributed by atoms with Gasteiger partial charge in [-0.25, -0.2) is 4.79 Å². The highest BCUT2D eigenvalue weighted by Crippen LogP contribution is 2.31. The Hall–Kier alpha value is -2.14. The minimum Gasteiger partial charge on any atom is -0.478 e. The second-order valence-corrected chi connectivity index (χ2v) is 4.93. The molecule has 0 aliphatic heterocycles. The number of carboxylic acids is 1. The summed E-state index contributed by atoms with van der Waals surface area (Å²) in [5.74, 6) is -0.966. The Bertz CT molecular complexity index is 642. The normalized spacial score (nSPS) is 12.3. The van der Waals surface area contributed by atoms with E-state index in [1.807, 2.05) is 38.1 Å². The molecule has 0 amide bonds. The first-order valence-corrected chi connectivity index (χ1v) is 6.96. The summed E-state index contributed by atoms with van der Waals surface area (Å²) >= 11 is 0. The minimum absolute atomic E-state index is 0.0731. The Morgan fingerprint density at radius 2 is 2.14 bits per heavy atom. The topological polar surface area (TPSA) is 62.7 Å². The second-order valence-electron chi connectivity index (χ2n) is 4.93. The van der Waals surface area contributed by atoms with E-state index in [9.17, 15) is 9.90 Å². The van der Waals surface area contributed by atoms with E-state index in [0.717, 1.165) is 10.9 Å².